The van der Waals surface area contributed by atoms with Crippen LogP contribution in [0.4, 0.5) is 5.69 Å². The Morgan fingerprint density at radius 2 is 1.96 bits per heavy atom. The molecule has 0 fully saturated rings. The van der Waals surface area contributed by atoms with E-state index in [1.807, 2.05) is 50.2 Å². The third-order valence-electron chi connectivity index (χ3n) is 4.07. The molecule has 0 aliphatic carbocycles. The number of allylic oxidation sites excluding steroid dienone is 1. The van der Waals surface area contributed by atoms with E-state index in [0.29, 0.717) is 18.9 Å². The Balaban J connectivity index is 2.24. The molecule has 6 nitrogen and oxygen atoms in total. The molecule has 0 saturated heterocycles. The van der Waals surface area contributed by atoms with Crippen molar-refractivity contribution in [3.05, 3.63) is 59.2 Å². The van der Waals surface area contributed by atoms with Crippen molar-refractivity contribution in [2.75, 3.05) is 25.7 Å². The Hall–Kier alpha value is -2.99. The smallest absolute Gasteiger partial charge is 0.128 e. The quantitative estimate of drug-likeness (QED) is 0.424. The highest BCUT2D eigenvalue weighted by Crippen LogP contribution is 2.30. The normalized spacial score (nSPS) is 11.7. The maximum absolute atomic E-state index is 6.07. The predicted octanol–water partition coefficient (Wildman–Crippen LogP) is 3.28. The molecule has 0 radical (unpaired) electrons. The number of aliphatic imine (C=N–C) groups is 1. The van der Waals surface area contributed by atoms with Gasteiger partial charge in [0, 0.05) is 26.0 Å². The number of benzene rings is 2. The molecule has 0 saturated carbocycles. The van der Waals surface area contributed by atoms with E-state index in [1.54, 1.807) is 31.4 Å². The number of nitrogens with two attached hydrogens (primary N) is 2. The molecule has 144 valence electrons. The lowest BCUT2D eigenvalue weighted by atomic mass is 10.1. The number of rotatable bonds is 8. The lowest BCUT2D eigenvalue weighted by molar-refractivity contribution is 0.285. The molecule has 2 aromatic carbocycles. The van der Waals surface area contributed by atoms with E-state index in [1.165, 1.54) is 0 Å². The third-order valence-corrected chi connectivity index (χ3v) is 4.07. The first-order valence-electron chi connectivity index (χ1n) is 8.82. The minimum Gasteiger partial charge on any atom is -0.493 e. The summed E-state index contributed by atoms with van der Waals surface area (Å²) in [6, 6.07) is 11.6. The molecule has 27 heavy (non-hydrogen) atoms. The monoisotopic (exact) mass is 368 g/mol. The second kappa shape index (κ2) is 9.64. The lowest BCUT2D eigenvalue weighted by Crippen LogP contribution is -2.26. The molecule has 0 aliphatic rings. The molecule has 0 aliphatic heterocycles. The zero-order valence-electron chi connectivity index (χ0n) is 16.4. The molecule has 2 rings (SSSR count). The van der Waals surface area contributed by atoms with Gasteiger partial charge in [0.1, 0.15) is 18.1 Å². The van der Waals surface area contributed by atoms with Gasteiger partial charge in [-0.3, -0.25) is 4.99 Å². The van der Waals surface area contributed by atoms with E-state index >= 15 is 0 Å². The highest BCUT2D eigenvalue weighted by Gasteiger charge is 2.13. The number of ether oxygens (including phenoxy) is 2. The number of hydrazine groups is 1. The summed E-state index contributed by atoms with van der Waals surface area (Å²) in [5, 5.41) is 1.57. The Morgan fingerprint density at radius 1 is 1.19 bits per heavy atom. The summed E-state index contributed by atoms with van der Waals surface area (Å²) in [5.74, 6) is 7.52. The fraction of sp³-hybridized carbons (Fsp3) is 0.286. The number of hydrogen-bond acceptors (Lipinski definition) is 6. The van der Waals surface area contributed by atoms with Gasteiger partial charge in [-0.05, 0) is 61.4 Å². The van der Waals surface area contributed by atoms with E-state index in [9.17, 15) is 0 Å². The Bertz CT molecular complexity index is 829. The second-order valence-corrected chi connectivity index (χ2v) is 6.10. The number of hydrogen-bond donors (Lipinski definition) is 2. The predicted molar refractivity (Wildman–Crippen MR) is 112 cm³/mol. The van der Waals surface area contributed by atoms with Crippen LogP contribution in [0.3, 0.4) is 0 Å². The van der Waals surface area contributed by atoms with Crippen molar-refractivity contribution in [3.8, 4) is 11.5 Å². The molecule has 0 amide bonds. The van der Waals surface area contributed by atoms with Crippen molar-refractivity contribution in [3.63, 3.8) is 0 Å². The lowest BCUT2D eigenvalue weighted by Gasteiger charge is -2.20. The topological polar surface area (TPSA) is 86.1 Å². The van der Waals surface area contributed by atoms with Gasteiger partial charge < -0.3 is 20.2 Å². The number of aryl methyl sites for hydroxylation is 1. The molecule has 0 unspecified atom stereocenters. The van der Waals surface area contributed by atoms with Gasteiger partial charge in [-0.25, -0.2) is 5.84 Å². The van der Waals surface area contributed by atoms with Crippen LogP contribution in [0.25, 0.3) is 5.70 Å². The highest BCUT2D eigenvalue weighted by molar-refractivity contribution is 5.83. The van der Waals surface area contributed by atoms with Gasteiger partial charge >= 0.3 is 0 Å². The summed E-state index contributed by atoms with van der Waals surface area (Å²) in [6.45, 7) is 4.87. The fourth-order valence-corrected chi connectivity index (χ4v) is 2.71. The van der Waals surface area contributed by atoms with Gasteiger partial charge in [0.15, 0.2) is 0 Å². The molecular formula is C21H28N4O2. The largest absolute Gasteiger partial charge is 0.493 e. The van der Waals surface area contributed by atoms with Crippen molar-refractivity contribution in [1.82, 2.24) is 0 Å². The van der Waals surface area contributed by atoms with Gasteiger partial charge in [-0.15, -0.1) is 0 Å². The van der Waals surface area contributed by atoms with E-state index in [-0.39, 0.29) is 0 Å². The third kappa shape index (κ3) is 5.24. The Kier molecular flexibility index (Phi) is 7.25. The van der Waals surface area contributed by atoms with Crippen LogP contribution in [-0.4, -0.2) is 26.9 Å². The van der Waals surface area contributed by atoms with Crippen LogP contribution in [0, 0.1) is 6.92 Å². The van der Waals surface area contributed by atoms with E-state index in [4.69, 9.17) is 21.1 Å². The van der Waals surface area contributed by atoms with Crippen molar-refractivity contribution < 1.29 is 9.47 Å². The molecule has 0 atom stereocenters. The Labute approximate surface area is 161 Å². The van der Waals surface area contributed by atoms with Gasteiger partial charge in [-0.1, -0.05) is 6.07 Å². The van der Waals surface area contributed by atoms with Crippen molar-refractivity contribution in [1.29, 1.82) is 0 Å². The van der Waals surface area contributed by atoms with Crippen LogP contribution in [0.1, 0.15) is 23.6 Å². The number of anilines is 1. The average molecular weight is 368 g/mol. The van der Waals surface area contributed by atoms with E-state index in [2.05, 4.69) is 4.99 Å². The summed E-state index contributed by atoms with van der Waals surface area (Å²) in [7, 11) is 3.50. The molecule has 6 heteroatoms. The fourth-order valence-electron chi connectivity index (χ4n) is 2.71. The molecule has 0 aromatic heterocycles. The van der Waals surface area contributed by atoms with Crippen molar-refractivity contribution in [2.45, 2.75) is 20.5 Å². The summed E-state index contributed by atoms with van der Waals surface area (Å²) >= 11 is 0. The first-order valence-corrected chi connectivity index (χ1v) is 8.82. The van der Waals surface area contributed by atoms with Crippen molar-refractivity contribution >= 4 is 17.6 Å². The maximum Gasteiger partial charge on any atom is 0.128 e. The molecule has 0 spiro atoms. The van der Waals surface area contributed by atoms with Crippen LogP contribution < -0.4 is 26.1 Å². The van der Waals surface area contributed by atoms with Gasteiger partial charge in [0.25, 0.3) is 0 Å². The molecule has 2 aromatic rings. The van der Waals surface area contributed by atoms with E-state index < -0.39 is 0 Å². The Morgan fingerprint density at radius 3 is 2.59 bits per heavy atom. The van der Waals surface area contributed by atoms with Crippen molar-refractivity contribution in [2.24, 2.45) is 16.6 Å². The van der Waals surface area contributed by atoms with Crippen LogP contribution in [-0.2, 0) is 6.61 Å². The first kappa shape index (κ1) is 20.3. The zero-order chi connectivity index (χ0) is 19.8. The summed E-state index contributed by atoms with van der Waals surface area (Å²) < 4.78 is 11.8. The van der Waals surface area contributed by atoms with Crippen LogP contribution >= 0.6 is 0 Å². The van der Waals surface area contributed by atoms with Crippen LogP contribution in [0.5, 0.6) is 11.5 Å². The summed E-state index contributed by atoms with van der Waals surface area (Å²) in [6.07, 6.45) is 3.45. The minimum absolute atomic E-state index is 0.348. The second-order valence-electron chi connectivity index (χ2n) is 6.10. The average Bonchev–Trinajstić information content (AvgIpc) is 2.65. The molecule has 0 heterocycles. The highest BCUT2D eigenvalue weighted by atomic mass is 16.5. The SMILES string of the molecule is CCOc1cccc(N(C)N)c1COc1ccc(C(N)=CC=NC)cc1C. The van der Waals surface area contributed by atoms with Gasteiger partial charge in [0.2, 0.25) is 0 Å². The van der Waals surface area contributed by atoms with Gasteiger partial charge in [-0.2, -0.15) is 0 Å². The molecule has 4 N–H and O–H groups in total. The summed E-state index contributed by atoms with van der Waals surface area (Å²) in [5.41, 5.74) is 10.4. The number of nitrogens with zero attached hydrogens (tertiary/aromatic N) is 2. The minimum atomic E-state index is 0.348. The molecular weight excluding hydrogens is 340 g/mol. The summed E-state index contributed by atoms with van der Waals surface area (Å²) in [4.78, 5) is 3.92. The maximum atomic E-state index is 6.07. The standard InChI is InChI=1S/C21H28N4O2/c1-5-26-21-8-6-7-19(25(4)23)17(21)14-27-20-10-9-16(13-15(20)2)18(22)11-12-24-3/h6-13H,5,14,22-23H2,1-4H3. The van der Waals surface area contributed by atoms with Crippen LogP contribution in [0.15, 0.2) is 47.5 Å². The van der Waals surface area contributed by atoms with Gasteiger partial charge in [0.05, 0.1) is 17.9 Å². The van der Waals surface area contributed by atoms with Crippen LogP contribution in [0.2, 0.25) is 0 Å². The first-order chi connectivity index (χ1) is 13.0. The zero-order valence-corrected chi connectivity index (χ0v) is 16.4. The van der Waals surface area contributed by atoms with E-state index in [0.717, 1.165) is 33.9 Å². The molecule has 0 bridgehead atoms.